The molecule has 0 amide bonds. The van der Waals surface area contributed by atoms with E-state index in [1.54, 1.807) is 13.4 Å². The largest absolute Gasteiger partial charge is 0.497 e. The number of benzene rings is 1. The van der Waals surface area contributed by atoms with E-state index in [4.69, 9.17) is 9.72 Å². The van der Waals surface area contributed by atoms with E-state index < -0.39 is 0 Å². The lowest BCUT2D eigenvalue weighted by Gasteiger charge is -2.26. The molecule has 0 spiro atoms. The van der Waals surface area contributed by atoms with Crippen molar-refractivity contribution in [1.82, 2.24) is 19.9 Å². The fraction of sp³-hybridized carbons (Fsp3) is 0.389. The SMILES string of the molecule is COc1ccc(-c2nc(N[C@@H]3CCC[C@@H](O)C3)nc3nc[nH]c23)cc1. The summed E-state index contributed by atoms with van der Waals surface area (Å²) in [6.45, 7) is 0. The number of H-pyrrole nitrogens is 1. The van der Waals surface area contributed by atoms with Gasteiger partial charge in [-0.3, -0.25) is 0 Å². The van der Waals surface area contributed by atoms with Gasteiger partial charge in [0, 0.05) is 11.6 Å². The summed E-state index contributed by atoms with van der Waals surface area (Å²) in [4.78, 5) is 16.6. The Morgan fingerprint density at radius 3 is 2.80 bits per heavy atom. The van der Waals surface area contributed by atoms with Gasteiger partial charge in [0.25, 0.3) is 0 Å². The number of fused-ring (bicyclic) bond motifs is 1. The Labute approximate surface area is 145 Å². The first kappa shape index (κ1) is 15.8. The number of anilines is 1. The second-order valence-electron chi connectivity index (χ2n) is 6.39. The quantitative estimate of drug-likeness (QED) is 0.676. The maximum absolute atomic E-state index is 9.87. The van der Waals surface area contributed by atoms with Crippen LogP contribution in [-0.4, -0.2) is 44.3 Å². The Hall–Kier alpha value is -2.67. The second-order valence-corrected chi connectivity index (χ2v) is 6.39. The number of ether oxygens (including phenoxy) is 1. The number of hydrogen-bond donors (Lipinski definition) is 3. The average Bonchev–Trinajstić information content (AvgIpc) is 3.10. The summed E-state index contributed by atoms with van der Waals surface area (Å²) in [6.07, 6.45) is 4.99. The molecule has 2 heterocycles. The highest BCUT2D eigenvalue weighted by molar-refractivity contribution is 5.88. The molecule has 1 aliphatic carbocycles. The summed E-state index contributed by atoms with van der Waals surface area (Å²) in [5.41, 5.74) is 3.19. The monoisotopic (exact) mass is 339 g/mol. The predicted molar refractivity (Wildman–Crippen MR) is 95.6 cm³/mol. The van der Waals surface area contributed by atoms with Crippen molar-refractivity contribution in [2.24, 2.45) is 0 Å². The first-order valence-corrected chi connectivity index (χ1v) is 8.53. The minimum atomic E-state index is -0.249. The van der Waals surface area contributed by atoms with Gasteiger partial charge >= 0.3 is 0 Å². The lowest BCUT2D eigenvalue weighted by atomic mass is 9.93. The molecule has 0 radical (unpaired) electrons. The molecule has 0 saturated heterocycles. The van der Waals surface area contributed by atoms with Crippen molar-refractivity contribution in [3.05, 3.63) is 30.6 Å². The maximum atomic E-state index is 9.87. The average molecular weight is 339 g/mol. The van der Waals surface area contributed by atoms with E-state index in [2.05, 4.69) is 20.3 Å². The number of nitrogens with zero attached hydrogens (tertiary/aromatic N) is 3. The molecular weight excluding hydrogens is 318 g/mol. The third kappa shape index (κ3) is 3.28. The zero-order chi connectivity index (χ0) is 17.2. The van der Waals surface area contributed by atoms with E-state index in [0.717, 1.165) is 48.2 Å². The highest BCUT2D eigenvalue weighted by Gasteiger charge is 2.21. The molecule has 1 aromatic carbocycles. The molecule has 1 saturated carbocycles. The summed E-state index contributed by atoms with van der Waals surface area (Å²) in [7, 11) is 1.65. The standard InChI is InChI=1S/C18H21N5O2/c1-25-14-7-5-11(6-8-14)15-16-17(20-10-19-16)23-18(22-15)21-12-3-2-4-13(24)9-12/h5-8,10,12-13,24H,2-4,9H2,1H3,(H2,19,20,21,22,23)/t12-,13-/m1/s1. The number of imidazole rings is 1. The summed E-state index contributed by atoms with van der Waals surface area (Å²) in [5.74, 6) is 1.35. The third-order valence-electron chi connectivity index (χ3n) is 4.63. The van der Waals surface area contributed by atoms with Crippen LogP contribution in [0.5, 0.6) is 5.75 Å². The second kappa shape index (κ2) is 6.68. The minimum absolute atomic E-state index is 0.184. The predicted octanol–water partition coefficient (Wildman–Crippen LogP) is 2.74. The maximum Gasteiger partial charge on any atom is 0.225 e. The number of nitrogens with one attached hydrogen (secondary N) is 2. The number of aliphatic hydroxyl groups excluding tert-OH is 1. The van der Waals surface area contributed by atoms with Crippen LogP contribution < -0.4 is 10.1 Å². The molecule has 3 aromatic rings. The Morgan fingerprint density at radius 2 is 2.04 bits per heavy atom. The van der Waals surface area contributed by atoms with Gasteiger partial charge in [0.1, 0.15) is 17.0 Å². The fourth-order valence-corrected chi connectivity index (χ4v) is 3.33. The Balaban J connectivity index is 1.69. The number of methoxy groups -OCH3 is 1. The van der Waals surface area contributed by atoms with Gasteiger partial charge in [0.2, 0.25) is 5.95 Å². The van der Waals surface area contributed by atoms with Gasteiger partial charge in [-0.2, -0.15) is 4.98 Å². The van der Waals surface area contributed by atoms with Crippen LogP contribution in [0.1, 0.15) is 25.7 Å². The highest BCUT2D eigenvalue weighted by Crippen LogP contribution is 2.28. The van der Waals surface area contributed by atoms with Gasteiger partial charge in [-0.15, -0.1) is 0 Å². The van der Waals surface area contributed by atoms with Crippen LogP contribution in [0.4, 0.5) is 5.95 Å². The molecule has 3 N–H and O–H groups in total. The van der Waals surface area contributed by atoms with Crippen molar-refractivity contribution >= 4 is 17.1 Å². The lowest BCUT2D eigenvalue weighted by molar-refractivity contribution is 0.124. The number of aromatic nitrogens is 4. The van der Waals surface area contributed by atoms with Gasteiger partial charge < -0.3 is 20.1 Å². The van der Waals surface area contributed by atoms with Crippen molar-refractivity contribution in [2.45, 2.75) is 37.8 Å². The van der Waals surface area contributed by atoms with E-state index in [0.29, 0.717) is 11.6 Å². The number of hydrogen-bond acceptors (Lipinski definition) is 6. The molecule has 130 valence electrons. The van der Waals surface area contributed by atoms with Gasteiger partial charge in [0.15, 0.2) is 5.65 Å². The molecule has 0 bridgehead atoms. The van der Waals surface area contributed by atoms with Gasteiger partial charge in [-0.05, 0) is 49.9 Å². The van der Waals surface area contributed by atoms with Crippen molar-refractivity contribution in [1.29, 1.82) is 0 Å². The molecular formula is C18H21N5O2. The Kier molecular flexibility index (Phi) is 4.23. The molecule has 0 aliphatic heterocycles. The number of aromatic amines is 1. The molecule has 4 rings (SSSR count). The zero-order valence-corrected chi connectivity index (χ0v) is 14.1. The molecule has 1 fully saturated rings. The number of aliphatic hydroxyl groups is 1. The van der Waals surface area contributed by atoms with Crippen molar-refractivity contribution in [2.75, 3.05) is 12.4 Å². The topological polar surface area (TPSA) is 95.9 Å². The van der Waals surface area contributed by atoms with Crippen LogP contribution in [0.25, 0.3) is 22.4 Å². The summed E-state index contributed by atoms with van der Waals surface area (Å²) in [6, 6.07) is 7.93. The first-order valence-electron chi connectivity index (χ1n) is 8.53. The van der Waals surface area contributed by atoms with E-state index in [-0.39, 0.29) is 12.1 Å². The molecule has 7 nitrogen and oxygen atoms in total. The molecule has 0 unspecified atom stereocenters. The van der Waals surface area contributed by atoms with Crippen molar-refractivity contribution < 1.29 is 9.84 Å². The fourth-order valence-electron chi connectivity index (χ4n) is 3.33. The van der Waals surface area contributed by atoms with E-state index >= 15 is 0 Å². The van der Waals surface area contributed by atoms with E-state index in [9.17, 15) is 5.11 Å². The smallest absolute Gasteiger partial charge is 0.225 e. The van der Waals surface area contributed by atoms with E-state index in [1.807, 2.05) is 24.3 Å². The van der Waals surface area contributed by atoms with Crippen LogP contribution >= 0.6 is 0 Å². The summed E-state index contributed by atoms with van der Waals surface area (Å²) >= 11 is 0. The van der Waals surface area contributed by atoms with Crippen LogP contribution in [0.15, 0.2) is 30.6 Å². The summed E-state index contributed by atoms with van der Waals surface area (Å²) in [5, 5.41) is 13.2. The summed E-state index contributed by atoms with van der Waals surface area (Å²) < 4.78 is 5.22. The third-order valence-corrected chi connectivity index (χ3v) is 4.63. The van der Waals surface area contributed by atoms with Crippen LogP contribution in [0.3, 0.4) is 0 Å². The van der Waals surface area contributed by atoms with E-state index in [1.165, 1.54) is 0 Å². The highest BCUT2D eigenvalue weighted by atomic mass is 16.5. The molecule has 25 heavy (non-hydrogen) atoms. The Morgan fingerprint density at radius 1 is 1.20 bits per heavy atom. The Bertz CT molecular complexity index is 862. The van der Waals surface area contributed by atoms with Crippen LogP contribution in [0.2, 0.25) is 0 Å². The van der Waals surface area contributed by atoms with Gasteiger partial charge in [-0.1, -0.05) is 0 Å². The van der Waals surface area contributed by atoms with Crippen molar-refractivity contribution in [3.63, 3.8) is 0 Å². The van der Waals surface area contributed by atoms with Gasteiger partial charge in [0.05, 0.1) is 19.5 Å². The molecule has 7 heteroatoms. The van der Waals surface area contributed by atoms with Gasteiger partial charge in [-0.25, -0.2) is 9.97 Å². The van der Waals surface area contributed by atoms with Crippen LogP contribution in [0, 0.1) is 0 Å². The zero-order valence-electron chi connectivity index (χ0n) is 14.1. The lowest BCUT2D eigenvalue weighted by Crippen LogP contribution is -2.30. The van der Waals surface area contributed by atoms with Crippen LogP contribution in [-0.2, 0) is 0 Å². The normalized spacial score (nSPS) is 20.6. The van der Waals surface area contributed by atoms with Crippen molar-refractivity contribution in [3.8, 4) is 17.0 Å². The molecule has 2 atom stereocenters. The first-order chi connectivity index (χ1) is 12.2. The minimum Gasteiger partial charge on any atom is -0.497 e. The molecule has 2 aromatic heterocycles. The molecule has 1 aliphatic rings. The number of rotatable bonds is 4.